The molecule has 0 atom stereocenters. The van der Waals surface area contributed by atoms with Gasteiger partial charge in [0.25, 0.3) is 5.91 Å². The van der Waals surface area contributed by atoms with Gasteiger partial charge in [0.05, 0.1) is 0 Å². The summed E-state index contributed by atoms with van der Waals surface area (Å²) in [4.78, 5) is 11.0. The van der Waals surface area contributed by atoms with E-state index >= 15 is 0 Å². The van der Waals surface area contributed by atoms with Crippen LogP contribution in [0.3, 0.4) is 0 Å². The lowest BCUT2D eigenvalue weighted by molar-refractivity contribution is -0.122. The maximum absolute atomic E-state index is 11.0. The Labute approximate surface area is 96.0 Å². The van der Waals surface area contributed by atoms with E-state index < -0.39 is 0 Å². The molecule has 0 fully saturated rings. The number of carbonyl (C=O) groups excluding carboxylic acids is 1. The Hall–Kier alpha value is -1.71. The largest absolute Gasteiger partial charge is 0.484 e. The molecule has 0 aliphatic heterocycles. The molecule has 1 amide bonds. The smallest absolute Gasteiger partial charge is 0.257 e. The van der Waals surface area contributed by atoms with Crippen LogP contribution in [0, 0.1) is 0 Å². The highest BCUT2D eigenvalue weighted by atomic mass is 16.5. The summed E-state index contributed by atoms with van der Waals surface area (Å²) in [5.74, 6) is 0.566. The number of amides is 1. The molecule has 1 aromatic carbocycles. The van der Waals surface area contributed by atoms with Gasteiger partial charge in [-0.2, -0.15) is 0 Å². The third kappa shape index (κ3) is 4.21. The van der Waals surface area contributed by atoms with Crippen molar-refractivity contribution in [3.8, 4) is 5.75 Å². The van der Waals surface area contributed by atoms with E-state index in [0.717, 1.165) is 18.7 Å². The van der Waals surface area contributed by atoms with Crippen LogP contribution in [0.1, 0.15) is 13.3 Å². The van der Waals surface area contributed by atoms with E-state index in [2.05, 4.69) is 17.6 Å². The predicted molar refractivity (Wildman–Crippen MR) is 64.8 cm³/mol. The van der Waals surface area contributed by atoms with Crippen molar-refractivity contribution in [1.29, 1.82) is 0 Å². The fraction of sp³-hybridized carbons (Fsp3) is 0.417. The zero-order valence-electron chi connectivity index (χ0n) is 9.75. The lowest BCUT2D eigenvalue weighted by atomic mass is 10.3. The number of nitrogens with one attached hydrogen (secondary N) is 2. The Morgan fingerprint density at radius 2 is 2.25 bits per heavy atom. The molecule has 0 spiro atoms. The van der Waals surface area contributed by atoms with Gasteiger partial charge >= 0.3 is 0 Å². The van der Waals surface area contributed by atoms with Crippen molar-refractivity contribution in [3.63, 3.8) is 0 Å². The lowest BCUT2D eigenvalue weighted by Gasteiger charge is -2.08. The summed E-state index contributed by atoms with van der Waals surface area (Å²) >= 11 is 0. The number of likely N-dealkylation sites (N-methyl/N-ethyl adjacent to an activating group) is 1. The summed E-state index contributed by atoms with van der Waals surface area (Å²) in [5.41, 5.74) is 1.01. The van der Waals surface area contributed by atoms with Crippen molar-refractivity contribution in [1.82, 2.24) is 5.32 Å². The van der Waals surface area contributed by atoms with E-state index in [1.807, 2.05) is 24.3 Å². The number of benzene rings is 1. The number of hydrogen-bond acceptors (Lipinski definition) is 3. The van der Waals surface area contributed by atoms with Gasteiger partial charge in [-0.15, -0.1) is 0 Å². The second kappa shape index (κ2) is 6.71. The molecule has 0 bridgehead atoms. The van der Waals surface area contributed by atoms with Crippen LogP contribution < -0.4 is 15.4 Å². The molecular weight excluding hydrogens is 204 g/mol. The summed E-state index contributed by atoms with van der Waals surface area (Å²) < 4.78 is 5.33. The van der Waals surface area contributed by atoms with Gasteiger partial charge in [-0.25, -0.2) is 0 Å². The molecule has 16 heavy (non-hydrogen) atoms. The molecule has 0 aromatic heterocycles. The minimum Gasteiger partial charge on any atom is -0.484 e. The van der Waals surface area contributed by atoms with E-state index in [1.165, 1.54) is 0 Å². The Morgan fingerprint density at radius 1 is 1.44 bits per heavy atom. The Morgan fingerprint density at radius 3 is 2.94 bits per heavy atom. The normalized spacial score (nSPS) is 9.62. The first-order chi connectivity index (χ1) is 7.76. The van der Waals surface area contributed by atoms with Crippen LogP contribution >= 0.6 is 0 Å². The topological polar surface area (TPSA) is 50.4 Å². The fourth-order valence-corrected chi connectivity index (χ4v) is 1.19. The van der Waals surface area contributed by atoms with Gasteiger partial charge in [0.2, 0.25) is 0 Å². The van der Waals surface area contributed by atoms with E-state index in [4.69, 9.17) is 4.74 Å². The number of rotatable bonds is 6. The first-order valence-corrected chi connectivity index (χ1v) is 5.43. The van der Waals surface area contributed by atoms with Crippen LogP contribution in [0.2, 0.25) is 0 Å². The molecule has 1 aromatic rings. The molecule has 0 unspecified atom stereocenters. The molecule has 0 heterocycles. The van der Waals surface area contributed by atoms with Crippen LogP contribution in [-0.4, -0.2) is 26.1 Å². The lowest BCUT2D eigenvalue weighted by Crippen LogP contribution is -2.24. The van der Waals surface area contributed by atoms with E-state index in [0.29, 0.717) is 5.75 Å². The zero-order chi connectivity index (χ0) is 11.8. The molecule has 88 valence electrons. The molecule has 0 aliphatic carbocycles. The third-order valence-corrected chi connectivity index (χ3v) is 2.06. The third-order valence-electron chi connectivity index (χ3n) is 2.06. The van der Waals surface area contributed by atoms with Crippen molar-refractivity contribution < 1.29 is 9.53 Å². The highest BCUT2D eigenvalue weighted by Crippen LogP contribution is 2.17. The van der Waals surface area contributed by atoms with Crippen LogP contribution in [0.5, 0.6) is 5.75 Å². The first kappa shape index (κ1) is 12.4. The van der Waals surface area contributed by atoms with E-state index in [1.54, 1.807) is 7.05 Å². The van der Waals surface area contributed by atoms with Gasteiger partial charge in [0, 0.05) is 25.3 Å². The molecular formula is C12H18N2O2. The highest BCUT2D eigenvalue weighted by molar-refractivity contribution is 5.77. The minimum atomic E-state index is -0.132. The molecule has 0 radical (unpaired) electrons. The quantitative estimate of drug-likeness (QED) is 0.769. The molecule has 4 nitrogen and oxygen atoms in total. The summed E-state index contributed by atoms with van der Waals surface area (Å²) in [6.07, 6.45) is 1.07. The van der Waals surface area contributed by atoms with E-state index in [9.17, 15) is 4.79 Å². The fourth-order valence-electron chi connectivity index (χ4n) is 1.19. The van der Waals surface area contributed by atoms with E-state index in [-0.39, 0.29) is 12.5 Å². The van der Waals surface area contributed by atoms with Crippen molar-refractivity contribution in [3.05, 3.63) is 24.3 Å². The zero-order valence-corrected chi connectivity index (χ0v) is 9.75. The van der Waals surface area contributed by atoms with Crippen molar-refractivity contribution in [2.75, 3.05) is 25.5 Å². The molecule has 0 saturated heterocycles. The van der Waals surface area contributed by atoms with Gasteiger partial charge in [0.15, 0.2) is 6.61 Å². The van der Waals surface area contributed by atoms with Crippen LogP contribution in [-0.2, 0) is 4.79 Å². The van der Waals surface area contributed by atoms with Gasteiger partial charge in [-0.3, -0.25) is 4.79 Å². The maximum atomic E-state index is 11.0. The number of carbonyl (C=O) groups is 1. The molecule has 0 aliphatic rings. The standard InChI is InChI=1S/C12H18N2O2/c1-3-7-14-10-5-4-6-11(8-10)16-9-12(15)13-2/h4-6,8,14H,3,7,9H2,1-2H3,(H,13,15). The van der Waals surface area contributed by atoms with Crippen molar-refractivity contribution in [2.24, 2.45) is 0 Å². The molecule has 0 saturated carbocycles. The molecule has 1 rings (SSSR count). The number of hydrogen-bond donors (Lipinski definition) is 2. The molecule has 2 N–H and O–H groups in total. The van der Waals surface area contributed by atoms with Crippen molar-refractivity contribution in [2.45, 2.75) is 13.3 Å². The average Bonchev–Trinajstić information content (AvgIpc) is 2.34. The second-order valence-electron chi connectivity index (χ2n) is 3.42. The minimum absolute atomic E-state index is 0.0493. The monoisotopic (exact) mass is 222 g/mol. The van der Waals surface area contributed by atoms with Gasteiger partial charge in [0.1, 0.15) is 5.75 Å². The van der Waals surface area contributed by atoms with Gasteiger partial charge in [-0.1, -0.05) is 13.0 Å². The highest BCUT2D eigenvalue weighted by Gasteiger charge is 2.00. The Balaban J connectivity index is 2.50. The Bertz CT molecular complexity index is 340. The predicted octanol–water partition coefficient (Wildman–Crippen LogP) is 1.63. The Kier molecular flexibility index (Phi) is 5.19. The summed E-state index contributed by atoms with van der Waals surface area (Å²) in [6, 6.07) is 7.60. The van der Waals surface area contributed by atoms with Gasteiger partial charge in [-0.05, 0) is 18.6 Å². The average molecular weight is 222 g/mol. The maximum Gasteiger partial charge on any atom is 0.257 e. The SMILES string of the molecule is CCCNc1cccc(OCC(=O)NC)c1. The van der Waals surface area contributed by atoms with Crippen LogP contribution in [0.25, 0.3) is 0 Å². The van der Waals surface area contributed by atoms with Crippen LogP contribution in [0.4, 0.5) is 5.69 Å². The summed E-state index contributed by atoms with van der Waals surface area (Å²) in [7, 11) is 1.59. The van der Waals surface area contributed by atoms with Crippen molar-refractivity contribution >= 4 is 11.6 Å². The summed E-state index contributed by atoms with van der Waals surface area (Å²) in [6.45, 7) is 3.09. The number of ether oxygens (including phenoxy) is 1. The second-order valence-corrected chi connectivity index (χ2v) is 3.42. The van der Waals surface area contributed by atoms with Gasteiger partial charge < -0.3 is 15.4 Å². The first-order valence-electron chi connectivity index (χ1n) is 5.43. The summed E-state index contributed by atoms with van der Waals surface area (Å²) in [5, 5.41) is 5.76. The molecule has 4 heteroatoms. The number of anilines is 1. The van der Waals surface area contributed by atoms with Crippen LogP contribution in [0.15, 0.2) is 24.3 Å².